The summed E-state index contributed by atoms with van der Waals surface area (Å²) >= 11 is 0. The zero-order valence-electron chi connectivity index (χ0n) is 11.4. The molecule has 0 radical (unpaired) electrons. The van der Waals surface area contributed by atoms with Gasteiger partial charge in [-0.25, -0.2) is 4.98 Å². The highest BCUT2D eigenvalue weighted by Crippen LogP contribution is 2.36. The fraction of sp³-hybridized carbons (Fsp3) is 0.769. The minimum absolute atomic E-state index is 0.0131. The number of hydrogen-bond donors (Lipinski definition) is 1. The van der Waals surface area contributed by atoms with Crippen LogP contribution in [0.5, 0.6) is 0 Å². The SMILES string of the molecule is COC(C)(C)Cc1nc2c([nH]1)CC(C(F)(F)F)CC2. The zero-order valence-corrected chi connectivity index (χ0v) is 11.4. The van der Waals surface area contributed by atoms with Crippen molar-refractivity contribution in [3.8, 4) is 0 Å². The van der Waals surface area contributed by atoms with Crippen LogP contribution in [0, 0.1) is 5.92 Å². The first kappa shape index (κ1) is 14.4. The van der Waals surface area contributed by atoms with Gasteiger partial charge in [0.2, 0.25) is 0 Å². The number of nitrogens with zero attached hydrogens (tertiary/aromatic N) is 1. The van der Waals surface area contributed by atoms with Crippen LogP contribution in [0.2, 0.25) is 0 Å². The van der Waals surface area contributed by atoms with E-state index in [2.05, 4.69) is 9.97 Å². The van der Waals surface area contributed by atoms with Gasteiger partial charge >= 0.3 is 6.18 Å². The predicted octanol–water partition coefficient (Wildman–Crippen LogP) is 3.04. The zero-order chi connectivity index (χ0) is 14.3. The van der Waals surface area contributed by atoms with E-state index in [4.69, 9.17) is 4.74 Å². The molecule has 0 fully saturated rings. The Morgan fingerprint density at radius 2 is 2.05 bits per heavy atom. The van der Waals surface area contributed by atoms with E-state index < -0.39 is 12.1 Å². The number of methoxy groups -OCH3 is 1. The Balaban J connectivity index is 2.13. The van der Waals surface area contributed by atoms with Crippen LogP contribution >= 0.6 is 0 Å². The van der Waals surface area contributed by atoms with Gasteiger partial charge in [-0.2, -0.15) is 13.2 Å². The summed E-state index contributed by atoms with van der Waals surface area (Å²) in [5.74, 6) is -0.539. The highest BCUT2D eigenvalue weighted by atomic mass is 19.4. The van der Waals surface area contributed by atoms with Crippen molar-refractivity contribution in [1.29, 1.82) is 0 Å². The maximum Gasteiger partial charge on any atom is 0.392 e. The van der Waals surface area contributed by atoms with Crippen molar-refractivity contribution >= 4 is 0 Å². The molecule has 0 saturated carbocycles. The summed E-state index contributed by atoms with van der Waals surface area (Å²) < 4.78 is 43.4. The number of ether oxygens (including phenoxy) is 1. The summed E-state index contributed by atoms with van der Waals surface area (Å²) in [6, 6.07) is 0. The molecule has 3 nitrogen and oxygen atoms in total. The molecular weight excluding hydrogens is 257 g/mol. The number of aromatic amines is 1. The molecule has 108 valence electrons. The van der Waals surface area contributed by atoms with Crippen LogP contribution in [0.3, 0.4) is 0 Å². The van der Waals surface area contributed by atoms with Crippen molar-refractivity contribution in [2.45, 2.75) is 51.3 Å². The summed E-state index contributed by atoms with van der Waals surface area (Å²) in [7, 11) is 1.61. The van der Waals surface area contributed by atoms with E-state index in [-0.39, 0.29) is 18.4 Å². The molecule has 6 heteroatoms. The Kier molecular flexibility index (Phi) is 3.64. The molecule has 19 heavy (non-hydrogen) atoms. The summed E-state index contributed by atoms with van der Waals surface area (Å²) in [5, 5.41) is 0. The maximum atomic E-state index is 12.7. The molecule has 0 saturated heterocycles. The van der Waals surface area contributed by atoms with E-state index >= 15 is 0 Å². The normalized spacial score (nSPS) is 20.4. The topological polar surface area (TPSA) is 37.9 Å². The van der Waals surface area contributed by atoms with Crippen molar-refractivity contribution < 1.29 is 17.9 Å². The second-order valence-corrected chi connectivity index (χ2v) is 5.73. The molecule has 1 atom stereocenters. The van der Waals surface area contributed by atoms with Crippen LogP contribution in [0.15, 0.2) is 0 Å². The first-order valence-electron chi connectivity index (χ1n) is 6.40. The average molecular weight is 276 g/mol. The Hall–Kier alpha value is -1.04. The molecule has 1 heterocycles. The number of alkyl halides is 3. The van der Waals surface area contributed by atoms with Crippen LogP contribution in [0.4, 0.5) is 13.2 Å². The number of nitrogens with one attached hydrogen (secondary N) is 1. The molecule has 1 N–H and O–H groups in total. The van der Waals surface area contributed by atoms with Crippen molar-refractivity contribution in [3.05, 3.63) is 17.2 Å². The van der Waals surface area contributed by atoms with Gasteiger partial charge in [0.15, 0.2) is 0 Å². The van der Waals surface area contributed by atoms with E-state index in [9.17, 15) is 13.2 Å². The Labute approximate surface area is 110 Å². The molecule has 1 aromatic rings. The molecule has 1 unspecified atom stereocenters. The third-order valence-electron chi connectivity index (χ3n) is 3.70. The van der Waals surface area contributed by atoms with Gasteiger partial charge in [-0.15, -0.1) is 0 Å². The number of imidazole rings is 1. The molecule has 0 bridgehead atoms. The third kappa shape index (κ3) is 3.29. The molecule has 0 spiro atoms. The number of aryl methyl sites for hydroxylation is 1. The first-order valence-corrected chi connectivity index (χ1v) is 6.40. The van der Waals surface area contributed by atoms with Gasteiger partial charge in [-0.1, -0.05) is 0 Å². The van der Waals surface area contributed by atoms with Gasteiger partial charge in [0.05, 0.1) is 17.2 Å². The fourth-order valence-corrected chi connectivity index (χ4v) is 2.38. The minimum Gasteiger partial charge on any atom is -0.378 e. The second kappa shape index (κ2) is 4.81. The van der Waals surface area contributed by atoms with Crippen molar-refractivity contribution in [1.82, 2.24) is 9.97 Å². The smallest absolute Gasteiger partial charge is 0.378 e. The van der Waals surface area contributed by atoms with Gasteiger partial charge in [0, 0.05) is 25.6 Å². The molecule has 0 aliphatic heterocycles. The van der Waals surface area contributed by atoms with Gasteiger partial charge < -0.3 is 9.72 Å². The number of fused-ring (bicyclic) bond motifs is 1. The molecular formula is C13H19F3N2O. The summed E-state index contributed by atoms with van der Waals surface area (Å²) in [5.41, 5.74) is 1.04. The monoisotopic (exact) mass is 276 g/mol. The van der Waals surface area contributed by atoms with E-state index in [1.165, 1.54) is 0 Å². The van der Waals surface area contributed by atoms with Crippen molar-refractivity contribution in [2.75, 3.05) is 7.11 Å². The summed E-state index contributed by atoms with van der Waals surface area (Å²) in [4.78, 5) is 7.43. The van der Waals surface area contributed by atoms with E-state index in [1.54, 1.807) is 7.11 Å². The van der Waals surface area contributed by atoms with E-state index in [0.717, 1.165) is 5.69 Å². The molecule has 1 aliphatic rings. The minimum atomic E-state index is -4.12. The van der Waals surface area contributed by atoms with Gasteiger partial charge in [-0.3, -0.25) is 0 Å². The number of halogens is 3. The maximum absolute atomic E-state index is 12.7. The van der Waals surface area contributed by atoms with Gasteiger partial charge in [-0.05, 0) is 26.7 Å². The Bertz CT molecular complexity index is 451. The Morgan fingerprint density at radius 3 is 2.63 bits per heavy atom. The van der Waals surface area contributed by atoms with Crippen LogP contribution in [-0.2, 0) is 24.0 Å². The standard InChI is InChI=1S/C13H19F3N2O/c1-12(2,19-3)7-11-17-9-5-4-8(13(14,15)16)6-10(9)18-11/h8H,4-7H2,1-3H3,(H,17,18). The van der Waals surface area contributed by atoms with Crippen LogP contribution in [0.25, 0.3) is 0 Å². The molecule has 0 aromatic carbocycles. The fourth-order valence-electron chi connectivity index (χ4n) is 2.38. The number of hydrogen-bond acceptors (Lipinski definition) is 2. The average Bonchev–Trinajstić information content (AvgIpc) is 2.67. The quantitative estimate of drug-likeness (QED) is 0.921. The number of aromatic nitrogens is 2. The van der Waals surface area contributed by atoms with Crippen molar-refractivity contribution in [2.24, 2.45) is 5.92 Å². The molecule has 0 amide bonds. The van der Waals surface area contributed by atoms with Gasteiger partial charge in [0.25, 0.3) is 0 Å². The lowest BCUT2D eigenvalue weighted by atomic mass is 9.89. The summed E-state index contributed by atoms with van der Waals surface area (Å²) in [6.07, 6.45) is -3.01. The Morgan fingerprint density at radius 1 is 1.37 bits per heavy atom. The molecule has 1 aliphatic carbocycles. The third-order valence-corrected chi connectivity index (χ3v) is 3.70. The number of rotatable bonds is 3. The highest BCUT2D eigenvalue weighted by molar-refractivity contribution is 5.20. The van der Waals surface area contributed by atoms with E-state index in [1.807, 2.05) is 13.8 Å². The van der Waals surface area contributed by atoms with Gasteiger partial charge in [0.1, 0.15) is 5.82 Å². The highest BCUT2D eigenvalue weighted by Gasteiger charge is 2.42. The summed E-state index contributed by atoms with van der Waals surface area (Å²) in [6.45, 7) is 3.85. The van der Waals surface area contributed by atoms with E-state index in [0.29, 0.717) is 24.4 Å². The lowest BCUT2D eigenvalue weighted by Gasteiger charge is -2.23. The van der Waals surface area contributed by atoms with Crippen LogP contribution in [-0.4, -0.2) is 28.9 Å². The van der Waals surface area contributed by atoms with Crippen LogP contribution < -0.4 is 0 Å². The first-order chi connectivity index (χ1) is 8.71. The lowest BCUT2D eigenvalue weighted by molar-refractivity contribution is -0.177. The molecule has 2 rings (SSSR count). The van der Waals surface area contributed by atoms with Crippen LogP contribution in [0.1, 0.15) is 37.5 Å². The lowest BCUT2D eigenvalue weighted by Crippen LogP contribution is -2.28. The van der Waals surface area contributed by atoms with Crippen molar-refractivity contribution in [3.63, 3.8) is 0 Å². The number of H-pyrrole nitrogens is 1. The molecule has 1 aromatic heterocycles. The second-order valence-electron chi connectivity index (χ2n) is 5.73. The largest absolute Gasteiger partial charge is 0.392 e. The predicted molar refractivity (Wildman–Crippen MR) is 64.9 cm³/mol.